The lowest BCUT2D eigenvalue weighted by molar-refractivity contribution is 0.182. The second-order valence-corrected chi connectivity index (χ2v) is 5.17. The third-order valence-electron chi connectivity index (χ3n) is 3.68. The predicted molar refractivity (Wildman–Crippen MR) is 69.1 cm³/mol. The van der Waals surface area contributed by atoms with Crippen LogP contribution in [0.3, 0.4) is 0 Å². The zero-order chi connectivity index (χ0) is 12.3. The van der Waals surface area contributed by atoms with Gasteiger partial charge in [-0.05, 0) is 69.8 Å². The number of halogens is 1. The summed E-state index contributed by atoms with van der Waals surface area (Å²) in [5, 5.41) is 0. The van der Waals surface area contributed by atoms with Gasteiger partial charge in [0, 0.05) is 6.04 Å². The van der Waals surface area contributed by atoms with Crippen LogP contribution in [0.15, 0.2) is 24.3 Å². The summed E-state index contributed by atoms with van der Waals surface area (Å²) in [7, 11) is 4.18. The maximum atomic E-state index is 13.3. The molecule has 1 aromatic carbocycles. The third kappa shape index (κ3) is 3.06. The van der Waals surface area contributed by atoms with Crippen molar-refractivity contribution in [1.29, 1.82) is 0 Å². The molecular weight excluding hydrogens is 213 g/mol. The van der Waals surface area contributed by atoms with Gasteiger partial charge in [-0.15, -0.1) is 0 Å². The number of hydrogen-bond donors (Lipinski definition) is 0. The van der Waals surface area contributed by atoms with E-state index in [9.17, 15) is 4.39 Å². The van der Waals surface area contributed by atoms with Gasteiger partial charge in [-0.1, -0.05) is 12.1 Å². The molecule has 1 unspecified atom stereocenters. The van der Waals surface area contributed by atoms with Gasteiger partial charge >= 0.3 is 0 Å². The Hall–Kier alpha value is -0.890. The van der Waals surface area contributed by atoms with Gasteiger partial charge < -0.3 is 4.90 Å². The minimum Gasteiger partial charge on any atom is -0.302 e. The molecule has 0 aliphatic heterocycles. The molecule has 0 N–H and O–H groups in total. The average molecular weight is 234 g/mol. The van der Waals surface area contributed by atoms with Gasteiger partial charge in [-0.2, -0.15) is 0 Å². The smallest absolute Gasteiger partial charge is 0.123 e. The van der Waals surface area contributed by atoms with Crippen molar-refractivity contribution in [2.24, 2.45) is 5.92 Å². The van der Waals surface area contributed by atoms with Gasteiger partial charge in [0.05, 0.1) is 0 Å². The quantitative estimate of drug-likeness (QED) is 0.768. The summed E-state index contributed by atoms with van der Waals surface area (Å²) in [6, 6.07) is 7.41. The zero-order valence-corrected chi connectivity index (χ0v) is 10.7. The van der Waals surface area contributed by atoms with Crippen LogP contribution in [0.4, 0.5) is 4.39 Å². The van der Waals surface area contributed by atoms with Crippen LogP contribution >= 0.6 is 0 Å². The van der Waals surface area contributed by atoms with E-state index in [1.54, 1.807) is 6.07 Å². The maximum Gasteiger partial charge on any atom is 0.123 e. The fraction of sp³-hybridized carbons (Fsp3) is 0.533. The minimum absolute atomic E-state index is 0.128. The Labute approximate surface area is 104 Å². The van der Waals surface area contributed by atoms with Crippen LogP contribution in [0.25, 0.3) is 0 Å². The number of benzene rings is 1. The Morgan fingerprint density at radius 2 is 1.94 bits per heavy atom. The van der Waals surface area contributed by atoms with E-state index in [4.69, 9.17) is 0 Å². The first-order chi connectivity index (χ1) is 8.18. The van der Waals surface area contributed by atoms with Crippen LogP contribution in [0.5, 0.6) is 0 Å². The van der Waals surface area contributed by atoms with Crippen molar-refractivity contribution in [3.8, 4) is 0 Å². The van der Waals surface area contributed by atoms with Crippen LogP contribution < -0.4 is 0 Å². The summed E-state index contributed by atoms with van der Waals surface area (Å²) in [4.78, 5) is 2.23. The molecule has 93 valence electrons. The molecular formula is C15H21FN. The molecule has 2 heteroatoms. The fourth-order valence-electron chi connectivity index (χ4n) is 2.95. The Morgan fingerprint density at radius 3 is 2.53 bits per heavy atom. The van der Waals surface area contributed by atoms with Gasteiger partial charge in [0.25, 0.3) is 0 Å². The first kappa shape index (κ1) is 12.6. The Kier molecular flexibility index (Phi) is 4.16. The highest BCUT2D eigenvalue weighted by atomic mass is 19.1. The Bertz CT molecular complexity index is 356. The lowest BCUT2D eigenvalue weighted by Crippen LogP contribution is -2.29. The topological polar surface area (TPSA) is 3.24 Å². The molecule has 1 aromatic rings. The molecule has 1 saturated carbocycles. The molecule has 1 radical (unpaired) electrons. The van der Waals surface area contributed by atoms with E-state index in [0.29, 0.717) is 12.0 Å². The van der Waals surface area contributed by atoms with Crippen LogP contribution in [0, 0.1) is 18.2 Å². The second-order valence-electron chi connectivity index (χ2n) is 5.17. The lowest BCUT2D eigenvalue weighted by Gasteiger charge is -2.35. The lowest BCUT2D eigenvalue weighted by atomic mass is 9.80. The van der Waals surface area contributed by atoms with Crippen molar-refractivity contribution in [3.63, 3.8) is 0 Å². The first-order valence-corrected chi connectivity index (χ1v) is 6.42. The monoisotopic (exact) mass is 234 g/mol. The Balaban J connectivity index is 2.21. The summed E-state index contributed by atoms with van der Waals surface area (Å²) in [5.74, 6) is 0.522. The van der Waals surface area contributed by atoms with E-state index in [2.05, 4.69) is 25.4 Å². The largest absolute Gasteiger partial charge is 0.302 e. The molecule has 17 heavy (non-hydrogen) atoms. The number of hydrogen-bond acceptors (Lipinski definition) is 1. The zero-order valence-electron chi connectivity index (χ0n) is 10.7. The fourth-order valence-corrected chi connectivity index (χ4v) is 2.95. The summed E-state index contributed by atoms with van der Waals surface area (Å²) >= 11 is 0. The summed E-state index contributed by atoms with van der Waals surface area (Å²) in [5.41, 5.74) is 1.11. The van der Waals surface area contributed by atoms with E-state index in [1.807, 2.05) is 12.1 Å². The molecule has 2 rings (SSSR count). The van der Waals surface area contributed by atoms with E-state index in [1.165, 1.54) is 31.7 Å². The molecule has 1 atom stereocenters. The average Bonchev–Trinajstić information content (AvgIpc) is 2.30. The van der Waals surface area contributed by atoms with Crippen LogP contribution in [0.2, 0.25) is 0 Å². The highest BCUT2D eigenvalue weighted by molar-refractivity contribution is 5.21. The van der Waals surface area contributed by atoms with Crippen molar-refractivity contribution >= 4 is 0 Å². The van der Waals surface area contributed by atoms with E-state index in [0.717, 1.165) is 5.56 Å². The first-order valence-electron chi connectivity index (χ1n) is 6.42. The van der Waals surface area contributed by atoms with E-state index >= 15 is 0 Å². The van der Waals surface area contributed by atoms with Crippen LogP contribution in [-0.4, -0.2) is 19.0 Å². The molecule has 0 saturated heterocycles. The molecule has 0 amide bonds. The SMILES string of the molecule is CN(C)C(c1cccc(F)c1)C1CC[CH]CC1. The van der Waals surface area contributed by atoms with Crippen LogP contribution in [-0.2, 0) is 0 Å². The third-order valence-corrected chi connectivity index (χ3v) is 3.68. The van der Waals surface area contributed by atoms with Crippen molar-refractivity contribution in [3.05, 3.63) is 42.1 Å². The van der Waals surface area contributed by atoms with Crippen molar-refractivity contribution in [2.75, 3.05) is 14.1 Å². The summed E-state index contributed by atoms with van der Waals surface area (Å²) in [6.45, 7) is 0. The Morgan fingerprint density at radius 1 is 1.24 bits per heavy atom. The highest BCUT2D eigenvalue weighted by Crippen LogP contribution is 2.36. The molecule has 0 bridgehead atoms. The van der Waals surface area contributed by atoms with Crippen molar-refractivity contribution in [2.45, 2.75) is 31.7 Å². The van der Waals surface area contributed by atoms with Gasteiger partial charge in [-0.3, -0.25) is 0 Å². The number of rotatable bonds is 3. The normalized spacial score (nSPS) is 19.5. The van der Waals surface area contributed by atoms with Crippen LogP contribution in [0.1, 0.15) is 37.3 Å². The van der Waals surface area contributed by atoms with Gasteiger partial charge in [0.15, 0.2) is 0 Å². The molecule has 1 aliphatic rings. The van der Waals surface area contributed by atoms with E-state index in [-0.39, 0.29) is 5.82 Å². The number of nitrogens with zero attached hydrogens (tertiary/aromatic N) is 1. The van der Waals surface area contributed by atoms with Crippen molar-refractivity contribution in [1.82, 2.24) is 4.90 Å². The predicted octanol–water partition coefficient (Wildman–Crippen LogP) is 3.82. The summed E-state index contributed by atoms with van der Waals surface area (Å²) in [6.07, 6.45) is 7.21. The molecule has 1 fully saturated rings. The molecule has 1 nitrogen and oxygen atoms in total. The van der Waals surface area contributed by atoms with Crippen molar-refractivity contribution < 1.29 is 4.39 Å². The molecule has 0 aromatic heterocycles. The molecule has 1 aliphatic carbocycles. The van der Waals surface area contributed by atoms with E-state index < -0.39 is 0 Å². The molecule has 0 heterocycles. The maximum absolute atomic E-state index is 13.3. The van der Waals surface area contributed by atoms with Gasteiger partial charge in [0.1, 0.15) is 5.82 Å². The molecule has 0 spiro atoms. The standard InChI is InChI=1S/C15H21FN/c1-17(2)15(12-7-4-3-5-8-12)13-9-6-10-14(16)11-13/h3,6,9-12,15H,4-5,7-8H2,1-2H3. The second kappa shape index (κ2) is 5.63. The summed E-state index contributed by atoms with van der Waals surface area (Å²) < 4.78 is 13.3. The van der Waals surface area contributed by atoms with Gasteiger partial charge in [0.2, 0.25) is 0 Å². The minimum atomic E-state index is -0.128. The highest BCUT2D eigenvalue weighted by Gasteiger charge is 2.26. The van der Waals surface area contributed by atoms with Gasteiger partial charge in [-0.25, -0.2) is 4.39 Å².